The Morgan fingerprint density at radius 2 is 2.12 bits per heavy atom. The van der Waals surface area contributed by atoms with Gasteiger partial charge in [-0.3, -0.25) is 4.90 Å². The van der Waals surface area contributed by atoms with Crippen molar-refractivity contribution in [3.8, 4) is 0 Å². The molecule has 2 heterocycles. The minimum Gasteiger partial charge on any atom is -0.322 e. The molecule has 0 aliphatic carbocycles. The van der Waals surface area contributed by atoms with Gasteiger partial charge < -0.3 is 5.73 Å². The number of nitrogens with two attached hydrogens (primary N) is 1. The molecule has 3 heteroatoms. The number of thiophene rings is 1. The largest absolute Gasteiger partial charge is 0.322 e. The van der Waals surface area contributed by atoms with E-state index in [0.29, 0.717) is 0 Å². The molecular weight excluding hydrogens is 228 g/mol. The minimum atomic E-state index is 0.113. The Kier molecular flexibility index (Phi) is 3.91. The molecule has 0 amide bonds. The number of nitrogens with zero attached hydrogens (tertiary/aromatic N) is 1. The molecule has 17 heavy (non-hydrogen) atoms. The molecule has 0 aromatic carbocycles. The van der Waals surface area contributed by atoms with Crippen LogP contribution in [0, 0.1) is 6.92 Å². The predicted molar refractivity (Wildman–Crippen MR) is 75.5 cm³/mol. The molecule has 2 unspecified atom stereocenters. The topological polar surface area (TPSA) is 29.3 Å². The maximum Gasteiger partial charge on any atom is 0.0490 e. The van der Waals surface area contributed by atoms with E-state index in [2.05, 4.69) is 37.1 Å². The molecule has 2 N–H and O–H groups in total. The zero-order valence-corrected chi connectivity index (χ0v) is 12.0. The van der Waals surface area contributed by atoms with Crippen molar-refractivity contribution in [2.45, 2.75) is 51.6 Å². The van der Waals surface area contributed by atoms with Gasteiger partial charge in [-0.15, -0.1) is 11.3 Å². The lowest BCUT2D eigenvalue weighted by Crippen LogP contribution is -2.51. The Balaban J connectivity index is 2.25. The van der Waals surface area contributed by atoms with E-state index < -0.39 is 0 Å². The molecule has 1 fully saturated rings. The second-order valence-electron chi connectivity index (χ2n) is 5.31. The first-order chi connectivity index (χ1) is 8.09. The highest BCUT2D eigenvalue weighted by molar-refractivity contribution is 7.10. The lowest BCUT2D eigenvalue weighted by Gasteiger charge is -2.43. The van der Waals surface area contributed by atoms with E-state index in [1.54, 1.807) is 11.3 Å². The summed E-state index contributed by atoms with van der Waals surface area (Å²) in [7, 11) is 0. The summed E-state index contributed by atoms with van der Waals surface area (Å²) < 4.78 is 0. The fourth-order valence-electron chi connectivity index (χ4n) is 2.92. The van der Waals surface area contributed by atoms with Crippen LogP contribution in [0.15, 0.2) is 11.4 Å². The predicted octanol–water partition coefficient (Wildman–Crippen LogP) is 3.32. The fourth-order valence-corrected chi connectivity index (χ4v) is 3.67. The van der Waals surface area contributed by atoms with Gasteiger partial charge >= 0.3 is 0 Å². The molecule has 2 nitrogen and oxygen atoms in total. The van der Waals surface area contributed by atoms with Crippen LogP contribution >= 0.6 is 11.3 Å². The highest BCUT2D eigenvalue weighted by Crippen LogP contribution is 2.37. The van der Waals surface area contributed by atoms with E-state index in [1.165, 1.54) is 36.4 Å². The first-order valence-corrected chi connectivity index (χ1v) is 7.52. The molecule has 1 aliphatic heterocycles. The molecule has 0 saturated carbocycles. The van der Waals surface area contributed by atoms with E-state index in [1.807, 2.05) is 0 Å². The summed E-state index contributed by atoms with van der Waals surface area (Å²) in [4.78, 5) is 3.96. The molecule has 0 radical (unpaired) electrons. The molecule has 1 aliphatic rings. The molecule has 2 rings (SSSR count). The Morgan fingerprint density at radius 3 is 2.59 bits per heavy atom. The highest BCUT2D eigenvalue weighted by Gasteiger charge is 2.38. The van der Waals surface area contributed by atoms with Gasteiger partial charge in [0.25, 0.3) is 0 Å². The molecule has 96 valence electrons. The fraction of sp³-hybridized carbons (Fsp3) is 0.714. The summed E-state index contributed by atoms with van der Waals surface area (Å²) in [5.74, 6) is 0. The Hall–Kier alpha value is -0.380. The van der Waals surface area contributed by atoms with Gasteiger partial charge in [-0.05, 0) is 63.2 Å². The number of aryl methyl sites for hydroxylation is 1. The van der Waals surface area contributed by atoms with Crippen LogP contribution in [0.25, 0.3) is 0 Å². The second kappa shape index (κ2) is 5.09. The summed E-state index contributed by atoms with van der Waals surface area (Å²) in [6.07, 6.45) is 3.76. The van der Waals surface area contributed by atoms with E-state index in [0.717, 1.165) is 6.42 Å². The summed E-state index contributed by atoms with van der Waals surface area (Å²) in [6.45, 7) is 9.20. The molecule has 2 atom stereocenters. The van der Waals surface area contributed by atoms with Gasteiger partial charge in [0.2, 0.25) is 0 Å². The van der Waals surface area contributed by atoms with Crippen LogP contribution in [0.5, 0.6) is 0 Å². The lowest BCUT2D eigenvalue weighted by molar-refractivity contribution is 0.0999. The quantitative estimate of drug-likeness (QED) is 0.890. The van der Waals surface area contributed by atoms with Gasteiger partial charge in [0.05, 0.1) is 0 Å². The van der Waals surface area contributed by atoms with Crippen LogP contribution in [-0.4, -0.2) is 23.5 Å². The van der Waals surface area contributed by atoms with E-state index >= 15 is 0 Å². The van der Waals surface area contributed by atoms with Crippen molar-refractivity contribution in [3.63, 3.8) is 0 Å². The Labute approximate surface area is 109 Å². The Bertz CT molecular complexity index is 368. The summed E-state index contributed by atoms with van der Waals surface area (Å²) >= 11 is 1.80. The molecule has 1 aromatic rings. The van der Waals surface area contributed by atoms with Gasteiger partial charge in [0.1, 0.15) is 0 Å². The molecule has 0 spiro atoms. The number of likely N-dealkylation sites (tertiary alicyclic amines) is 1. The Morgan fingerprint density at radius 1 is 1.47 bits per heavy atom. The third-order valence-corrected chi connectivity index (χ3v) is 5.31. The van der Waals surface area contributed by atoms with Crippen LogP contribution in [0.1, 0.15) is 49.6 Å². The molecule has 0 bridgehead atoms. The van der Waals surface area contributed by atoms with Gasteiger partial charge in [0, 0.05) is 16.5 Å². The first-order valence-electron chi connectivity index (χ1n) is 6.64. The lowest BCUT2D eigenvalue weighted by atomic mass is 9.84. The van der Waals surface area contributed by atoms with Crippen LogP contribution in [0.3, 0.4) is 0 Å². The van der Waals surface area contributed by atoms with Crippen molar-refractivity contribution >= 4 is 11.3 Å². The van der Waals surface area contributed by atoms with Gasteiger partial charge in [-0.25, -0.2) is 0 Å². The first kappa shape index (κ1) is 13.1. The summed E-state index contributed by atoms with van der Waals surface area (Å²) in [5, 5.41) is 2.16. The molecule has 1 saturated heterocycles. The average Bonchev–Trinajstić information content (AvgIpc) is 2.97. The maximum atomic E-state index is 6.57. The average molecular weight is 252 g/mol. The normalized spacial score (nSPS) is 22.6. The third kappa shape index (κ3) is 2.28. The molecular formula is C14H24N2S. The summed E-state index contributed by atoms with van der Waals surface area (Å²) in [5.41, 5.74) is 8.03. The SMILES string of the molecule is CCC(C)(C(N)c1ccsc1C)N1CCCC1. The number of hydrogen-bond acceptors (Lipinski definition) is 3. The summed E-state index contributed by atoms with van der Waals surface area (Å²) in [6, 6.07) is 2.34. The van der Waals surface area contributed by atoms with Crippen LogP contribution in [-0.2, 0) is 0 Å². The highest BCUT2D eigenvalue weighted by atomic mass is 32.1. The van der Waals surface area contributed by atoms with Crippen molar-refractivity contribution in [1.82, 2.24) is 4.90 Å². The van der Waals surface area contributed by atoms with Crippen molar-refractivity contribution in [2.75, 3.05) is 13.1 Å². The standard InChI is InChI=1S/C14H24N2S/c1-4-14(3,16-8-5-6-9-16)13(15)12-7-10-17-11(12)2/h7,10,13H,4-6,8-9,15H2,1-3H3. The smallest absolute Gasteiger partial charge is 0.0490 e. The van der Waals surface area contributed by atoms with Crippen LogP contribution in [0.2, 0.25) is 0 Å². The van der Waals surface area contributed by atoms with Crippen LogP contribution < -0.4 is 5.73 Å². The monoisotopic (exact) mass is 252 g/mol. The zero-order valence-electron chi connectivity index (χ0n) is 11.2. The molecule has 1 aromatic heterocycles. The van der Waals surface area contributed by atoms with Crippen LogP contribution in [0.4, 0.5) is 0 Å². The van der Waals surface area contributed by atoms with Gasteiger partial charge in [-0.1, -0.05) is 6.92 Å². The number of rotatable bonds is 4. The van der Waals surface area contributed by atoms with Crippen molar-refractivity contribution < 1.29 is 0 Å². The van der Waals surface area contributed by atoms with Crippen molar-refractivity contribution in [2.24, 2.45) is 5.73 Å². The van der Waals surface area contributed by atoms with Gasteiger partial charge in [0.15, 0.2) is 0 Å². The van der Waals surface area contributed by atoms with E-state index in [4.69, 9.17) is 5.73 Å². The third-order valence-electron chi connectivity index (χ3n) is 4.45. The van der Waals surface area contributed by atoms with Crippen molar-refractivity contribution in [3.05, 3.63) is 21.9 Å². The van der Waals surface area contributed by atoms with E-state index in [-0.39, 0.29) is 11.6 Å². The zero-order chi connectivity index (χ0) is 12.5. The second-order valence-corrected chi connectivity index (χ2v) is 6.43. The minimum absolute atomic E-state index is 0.113. The number of hydrogen-bond donors (Lipinski definition) is 1. The van der Waals surface area contributed by atoms with E-state index in [9.17, 15) is 0 Å². The van der Waals surface area contributed by atoms with Crippen molar-refractivity contribution in [1.29, 1.82) is 0 Å². The van der Waals surface area contributed by atoms with Gasteiger partial charge in [-0.2, -0.15) is 0 Å². The maximum absolute atomic E-state index is 6.57.